The fourth-order valence-electron chi connectivity index (χ4n) is 0.815. The highest BCUT2D eigenvalue weighted by molar-refractivity contribution is 5.63. The highest BCUT2D eigenvalue weighted by Gasteiger charge is 2.31. The molecule has 0 bridgehead atoms. The first-order chi connectivity index (χ1) is 6.07. The van der Waals surface area contributed by atoms with Crippen molar-refractivity contribution >= 4 is 17.5 Å². The molecule has 0 fully saturated rings. The second-order valence-corrected chi connectivity index (χ2v) is 2.05. The van der Waals surface area contributed by atoms with Crippen LogP contribution in [0.15, 0.2) is 17.3 Å². The summed E-state index contributed by atoms with van der Waals surface area (Å²) in [6.45, 7) is 3.23. The molecule has 0 aliphatic heterocycles. The SMILES string of the molecule is C=Cc1occ([N+](=O)[O-])c1[N+](=O)[O-]. The predicted octanol–water partition coefficient (Wildman–Crippen LogP) is 1.74. The Balaban J connectivity index is 3.38. The van der Waals surface area contributed by atoms with Crippen molar-refractivity contribution in [3.63, 3.8) is 0 Å². The van der Waals surface area contributed by atoms with Gasteiger partial charge in [-0.15, -0.1) is 0 Å². The van der Waals surface area contributed by atoms with Crippen LogP contribution in [0.4, 0.5) is 11.4 Å². The molecule has 1 heterocycles. The van der Waals surface area contributed by atoms with Gasteiger partial charge in [0.1, 0.15) is 0 Å². The number of nitrogens with zero attached hydrogens (tertiary/aromatic N) is 2. The zero-order valence-corrected chi connectivity index (χ0v) is 6.30. The first-order valence-corrected chi connectivity index (χ1v) is 3.10. The highest BCUT2D eigenvalue weighted by Crippen LogP contribution is 2.32. The molecule has 1 rings (SSSR count). The standard InChI is InChI=1S/C6H4N2O5/c1-2-5-6(8(11)12)4(3-13-5)7(9)10/h2-3H,1H2. The minimum atomic E-state index is -0.880. The zero-order chi connectivity index (χ0) is 10.0. The van der Waals surface area contributed by atoms with Crippen LogP contribution in [0.2, 0.25) is 0 Å². The van der Waals surface area contributed by atoms with Gasteiger partial charge >= 0.3 is 11.4 Å². The molecule has 13 heavy (non-hydrogen) atoms. The van der Waals surface area contributed by atoms with Crippen LogP contribution in [0, 0.1) is 20.2 Å². The van der Waals surface area contributed by atoms with Gasteiger partial charge in [0.05, 0.1) is 9.85 Å². The zero-order valence-electron chi connectivity index (χ0n) is 6.30. The molecule has 0 atom stereocenters. The van der Waals surface area contributed by atoms with Crippen LogP contribution < -0.4 is 0 Å². The maximum absolute atomic E-state index is 10.4. The topological polar surface area (TPSA) is 99.4 Å². The van der Waals surface area contributed by atoms with Gasteiger partial charge in [0.2, 0.25) is 5.76 Å². The fourth-order valence-corrected chi connectivity index (χ4v) is 0.815. The first kappa shape index (κ1) is 8.91. The second-order valence-electron chi connectivity index (χ2n) is 2.05. The Hall–Kier alpha value is -2.18. The summed E-state index contributed by atoms with van der Waals surface area (Å²) >= 11 is 0. The summed E-state index contributed by atoms with van der Waals surface area (Å²) in [4.78, 5) is 18.9. The Morgan fingerprint density at radius 1 is 1.38 bits per heavy atom. The summed E-state index contributed by atoms with van der Waals surface area (Å²) in [6, 6.07) is 0. The van der Waals surface area contributed by atoms with Gasteiger partial charge in [-0.2, -0.15) is 0 Å². The summed E-state index contributed by atoms with van der Waals surface area (Å²) in [6.07, 6.45) is 1.76. The van der Waals surface area contributed by atoms with Crippen LogP contribution in [-0.4, -0.2) is 9.85 Å². The average molecular weight is 184 g/mol. The van der Waals surface area contributed by atoms with Crippen molar-refractivity contribution in [2.24, 2.45) is 0 Å². The molecule has 0 N–H and O–H groups in total. The minimum Gasteiger partial charge on any atom is -0.450 e. The third kappa shape index (κ3) is 1.39. The van der Waals surface area contributed by atoms with E-state index in [0.29, 0.717) is 0 Å². The monoisotopic (exact) mass is 184 g/mol. The maximum Gasteiger partial charge on any atom is 0.391 e. The fraction of sp³-hybridized carbons (Fsp3) is 0. The van der Waals surface area contributed by atoms with Crippen molar-refractivity contribution in [3.05, 3.63) is 38.8 Å². The van der Waals surface area contributed by atoms with Gasteiger partial charge in [0.15, 0.2) is 6.26 Å². The Morgan fingerprint density at radius 3 is 2.38 bits per heavy atom. The van der Waals surface area contributed by atoms with E-state index in [-0.39, 0.29) is 5.76 Å². The van der Waals surface area contributed by atoms with E-state index in [4.69, 9.17) is 0 Å². The molecule has 1 aromatic heterocycles. The molecular weight excluding hydrogens is 180 g/mol. The summed E-state index contributed by atoms with van der Waals surface area (Å²) in [7, 11) is 0. The Morgan fingerprint density at radius 2 is 2.00 bits per heavy atom. The Kier molecular flexibility index (Phi) is 2.09. The van der Waals surface area contributed by atoms with Crippen molar-refractivity contribution in [2.75, 3.05) is 0 Å². The Labute approximate surface area is 71.6 Å². The lowest BCUT2D eigenvalue weighted by Crippen LogP contribution is -1.93. The molecule has 0 saturated heterocycles. The van der Waals surface area contributed by atoms with Crippen molar-refractivity contribution in [2.45, 2.75) is 0 Å². The van der Waals surface area contributed by atoms with Gasteiger partial charge < -0.3 is 4.42 Å². The molecule has 0 aromatic carbocycles. The Bertz CT molecular complexity index is 380. The smallest absolute Gasteiger partial charge is 0.391 e. The molecule has 0 amide bonds. The van der Waals surface area contributed by atoms with Crippen LogP contribution >= 0.6 is 0 Å². The van der Waals surface area contributed by atoms with Gasteiger partial charge in [-0.1, -0.05) is 6.58 Å². The predicted molar refractivity (Wildman–Crippen MR) is 42.1 cm³/mol. The lowest BCUT2D eigenvalue weighted by molar-refractivity contribution is -0.421. The van der Waals surface area contributed by atoms with Gasteiger partial charge in [0, 0.05) is 0 Å². The van der Waals surface area contributed by atoms with Crippen molar-refractivity contribution in [1.82, 2.24) is 0 Å². The second kappa shape index (κ2) is 3.05. The molecule has 7 nitrogen and oxygen atoms in total. The third-order valence-corrected chi connectivity index (χ3v) is 1.34. The van der Waals surface area contributed by atoms with E-state index >= 15 is 0 Å². The summed E-state index contributed by atoms with van der Waals surface area (Å²) in [5.41, 5.74) is -1.33. The molecule has 7 heteroatoms. The minimum absolute atomic E-state index is 0.211. The summed E-state index contributed by atoms with van der Waals surface area (Å²) in [5, 5.41) is 20.6. The number of nitro groups is 2. The lowest BCUT2D eigenvalue weighted by atomic mass is 10.3. The largest absolute Gasteiger partial charge is 0.450 e. The van der Waals surface area contributed by atoms with Gasteiger partial charge in [0.25, 0.3) is 0 Å². The molecule has 0 aliphatic rings. The van der Waals surface area contributed by atoms with Gasteiger partial charge in [-0.05, 0) is 6.08 Å². The van der Waals surface area contributed by atoms with Crippen LogP contribution in [0.1, 0.15) is 5.76 Å². The van der Waals surface area contributed by atoms with E-state index in [1.54, 1.807) is 0 Å². The molecule has 68 valence electrons. The van der Waals surface area contributed by atoms with E-state index < -0.39 is 21.2 Å². The maximum atomic E-state index is 10.4. The number of furan rings is 1. The number of hydrogen-bond donors (Lipinski definition) is 0. The molecular formula is C6H4N2O5. The third-order valence-electron chi connectivity index (χ3n) is 1.34. The van der Waals surface area contributed by atoms with E-state index in [2.05, 4.69) is 11.0 Å². The van der Waals surface area contributed by atoms with Crippen LogP contribution in [-0.2, 0) is 0 Å². The quantitative estimate of drug-likeness (QED) is 0.526. The van der Waals surface area contributed by atoms with E-state index in [1.165, 1.54) is 0 Å². The van der Waals surface area contributed by atoms with Crippen LogP contribution in [0.3, 0.4) is 0 Å². The molecule has 0 unspecified atom stereocenters. The van der Waals surface area contributed by atoms with Crippen LogP contribution in [0.5, 0.6) is 0 Å². The van der Waals surface area contributed by atoms with Crippen molar-refractivity contribution < 1.29 is 14.3 Å². The molecule has 0 spiro atoms. The van der Waals surface area contributed by atoms with Crippen molar-refractivity contribution in [1.29, 1.82) is 0 Å². The normalized spacial score (nSPS) is 9.54. The summed E-state index contributed by atoms with van der Waals surface area (Å²) in [5.74, 6) is -0.211. The molecule has 0 saturated carbocycles. The average Bonchev–Trinajstić information content (AvgIpc) is 2.46. The van der Waals surface area contributed by atoms with Gasteiger partial charge in [-0.25, -0.2) is 0 Å². The first-order valence-electron chi connectivity index (χ1n) is 3.10. The van der Waals surface area contributed by atoms with E-state index in [9.17, 15) is 20.2 Å². The van der Waals surface area contributed by atoms with E-state index in [1.807, 2.05) is 0 Å². The summed E-state index contributed by atoms with van der Waals surface area (Å²) < 4.78 is 4.57. The van der Waals surface area contributed by atoms with E-state index in [0.717, 1.165) is 12.3 Å². The number of rotatable bonds is 3. The molecule has 0 aliphatic carbocycles. The lowest BCUT2D eigenvalue weighted by Gasteiger charge is -1.86. The van der Waals surface area contributed by atoms with Crippen molar-refractivity contribution in [3.8, 4) is 0 Å². The molecule has 1 aromatic rings. The highest BCUT2D eigenvalue weighted by atomic mass is 16.6. The van der Waals surface area contributed by atoms with Gasteiger partial charge in [-0.3, -0.25) is 20.2 Å². The molecule has 0 radical (unpaired) electrons. The number of hydrogen-bond acceptors (Lipinski definition) is 5. The van der Waals surface area contributed by atoms with Crippen LogP contribution in [0.25, 0.3) is 6.08 Å².